The number of hydrogen-bond acceptors (Lipinski definition) is 5. The summed E-state index contributed by atoms with van der Waals surface area (Å²) in [5, 5.41) is 0. The Hall–Kier alpha value is -1.62. The van der Waals surface area contributed by atoms with Crippen LogP contribution in [0.4, 0.5) is 0 Å². The molecule has 0 radical (unpaired) electrons. The third-order valence-electron chi connectivity index (χ3n) is 2.48. The first kappa shape index (κ1) is 11.9. The normalized spacial score (nSPS) is 17.5. The highest BCUT2D eigenvalue weighted by Gasteiger charge is 2.23. The van der Waals surface area contributed by atoms with Crippen molar-refractivity contribution in [3.8, 4) is 23.0 Å². The zero-order valence-electron chi connectivity index (χ0n) is 10.2. The second kappa shape index (κ2) is 5.14. The fraction of sp³-hybridized carbons (Fsp3) is 0.500. The van der Waals surface area contributed by atoms with E-state index in [2.05, 4.69) is 0 Å². The predicted octanol–water partition coefficient (Wildman–Crippen LogP) is 1.49. The van der Waals surface area contributed by atoms with Gasteiger partial charge in [-0.3, -0.25) is 0 Å². The first-order valence-electron chi connectivity index (χ1n) is 5.33. The van der Waals surface area contributed by atoms with Gasteiger partial charge in [0.15, 0.2) is 11.5 Å². The van der Waals surface area contributed by atoms with E-state index in [1.807, 2.05) is 0 Å². The first-order valence-corrected chi connectivity index (χ1v) is 5.33. The van der Waals surface area contributed by atoms with Crippen molar-refractivity contribution in [3.63, 3.8) is 0 Å². The average molecular weight is 240 g/mol. The van der Waals surface area contributed by atoms with Crippen LogP contribution in [0.5, 0.6) is 23.0 Å². The Kier molecular flexibility index (Phi) is 3.58. The molecule has 0 amide bonds. The lowest BCUT2D eigenvalue weighted by molar-refractivity contribution is 0.258. The number of ether oxygens (including phenoxy) is 5. The summed E-state index contributed by atoms with van der Waals surface area (Å²) in [7, 11) is 4.72. The monoisotopic (exact) mass is 240 g/mol. The van der Waals surface area contributed by atoms with Crippen molar-refractivity contribution in [1.82, 2.24) is 0 Å². The van der Waals surface area contributed by atoms with Crippen LogP contribution < -0.4 is 18.9 Å². The molecule has 0 bridgehead atoms. The molecule has 17 heavy (non-hydrogen) atoms. The van der Waals surface area contributed by atoms with Crippen LogP contribution in [0.15, 0.2) is 12.1 Å². The third-order valence-corrected chi connectivity index (χ3v) is 2.48. The molecular formula is C12H16O5. The topological polar surface area (TPSA) is 49.5 Å². The Morgan fingerprint density at radius 2 is 1.71 bits per heavy atom. The number of rotatable bonds is 6. The predicted molar refractivity (Wildman–Crippen MR) is 61.3 cm³/mol. The summed E-state index contributed by atoms with van der Waals surface area (Å²) in [4.78, 5) is 0. The number of hydrogen-bond donors (Lipinski definition) is 0. The molecule has 5 nitrogen and oxygen atoms in total. The molecule has 0 saturated carbocycles. The zero-order valence-corrected chi connectivity index (χ0v) is 10.2. The lowest BCUT2D eigenvalue weighted by Gasteiger charge is -2.14. The molecule has 0 spiro atoms. The molecule has 1 saturated heterocycles. The summed E-state index contributed by atoms with van der Waals surface area (Å²) >= 11 is 0. The van der Waals surface area contributed by atoms with Crippen LogP contribution in [-0.2, 0) is 4.74 Å². The Balaban J connectivity index is 2.19. The molecule has 1 aliphatic heterocycles. The maximum atomic E-state index is 5.57. The van der Waals surface area contributed by atoms with Gasteiger partial charge < -0.3 is 23.7 Å². The number of methoxy groups -OCH3 is 3. The molecule has 1 fully saturated rings. The van der Waals surface area contributed by atoms with Gasteiger partial charge in [-0.25, -0.2) is 0 Å². The Bertz CT molecular complexity index is 361. The molecular weight excluding hydrogens is 224 g/mol. The van der Waals surface area contributed by atoms with Gasteiger partial charge in [0.05, 0.1) is 27.9 Å². The van der Waals surface area contributed by atoms with Crippen LogP contribution in [0.2, 0.25) is 0 Å². The summed E-state index contributed by atoms with van der Waals surface area (Å²) < 4.78 is 26.3. The molecule has 5 heteroatoms. The standard InChI is InChI=1S/C12H16O5/c1-13-10-4-8(16-6-9-7-17-9)5-11(14-2)12(10)15-3/h4-5,9H,6-7H2,1-3H3/t9-/m0/s1. The summed E-state index contributed by atoms with van der Waals surface area (Å²) in [6, 6.07) is 3.54. The van der Waals surface area contributed by atoms with E-state index in [9.17, 15) is 0 Å². The van der Waals surface area contributed by atoms with Crippen LogP contribution in [0.3, 0.4) is 0 Å². The van der Waals surface area contributed by atoms with E-state index in [4.69, 9.17) is 23.7 Å². The second-order valence-corrected chi connectivity index (χ2v) is 3.63. The van der Waals surface area contributed by atoms with E-state index in [1.165, 1.54) is 0 Å². The van der Waals surface area contributed by atoms with Gasteiger partial charge in [-0.05, 0) is 0 Å². The fourth-order valence-corrected chi connectivity index (χ4v) is 1.49. The van der Waals surface area contributed by atoms with Gasteiger partial charge in [-0.15, -0.1) is 0 Å². The maximum Gasteiger partial charge on any atom is 0.203 e. The highest BCUT2D eigenvalue weighted by atomic mass is 16.6. The van der Waals surface area contributed by atoms with Crippen LogP contribution in [0.1, 0.15) is 0 Å². The van der Waals surface area contributed by atoms with Crippen LogP contribution in [0.25, 0.3) is 0 Å². The molecule has 94 valence electrons. The van der Waals surface area contributed by atoms with Gasteiger partial charge in [0, 0.05) is 12.1 Å². The van der Waals surface area contributed by atoms with E-state index < -0.39 is 0 Å². The highest BCUT2D eigenvalue weighted by Crippen LogP contribution is 2.40. The van der Waals surface area contributed by atoms with Gasteiger partial charge >= 0.3 is 0 Å². The number of epoxide rings is 1. The van der Waals surface area contributed by atoms with Gasteiger partial charge in [0.2, 0.25) is 5.75 Å². The van der Waals surface area contributed by atoms with Crippen molar-refractivity contribution >= 4 is 0 Å². The summed E-state index contributed by atoms with van der Waals surface area (Å²) in [6.07, 6.45) is 0.217. The minimum absolute atomic E-state index is 0.217. The molecule has 0 unspecified atom stereocenters. The lowest BCUT2D eigenvalue weighted by Crippen LogP contribution is -2.05. The molecule has 0 aliphatic carbocycles. The minimum atomic E-state index is 0.217. The SMILES string of the molecule is COc1cc(OC[C@H]2CO2)cc(OC)c1OC. The van der Waals surface area contributed by atoms with E-state index in [1.54, 1.807) is 33.5 Å². The lowest BCUT2D eigenvalue weighted by atomic mass is 10.2. The number of benzene rings is 1. The highest BCUT2D eigenvalue weighted by molar-refractivity contribution is 5.55. The molecule has 0 aromatic heterocycles. The van der Waals surface area contributed by atoms with E-state index >= 15 is 0 Å². The van der Waals surface area contributed by atoms with Crippen molar-refractivity contribution in [2.45, 2.75) is 6.10 Å². The third kappa shape index (κ3) is 2.74. The summed E-state index contributed by atoms with van der Waals surface area (Å²) in [5.41, 5.74) is 0. The average Bonchev–Trinajstić information content (AvgIpc) is 3.18. The van der Waals surface area contributed by atoms with E-state index in [0.717, 1.165) is 6.61 Å². The van der Waals surface area contributed by atoms with Crippen LogP contribution >= 0.6 is 0 Å². The van der Waals surface area contributed by atoms with Crippen molar-refractivity contribution in [3.05, 3.63) is 12.1 Å². The quantitative estimate of drug-likeness (QED) is 0.705. The Morgan fingerprint density at radius 1 is 1.12 bits per heavy atom. The van der Waals surface area contributed by atoms with Crippen LogP contribution in [-0.4, -0.2) is 40.6 Å². The van der Waals surface area contributed by atoms with E-state index in [0.29, 0.717) is 29.6 Å². The second-order valence-electron chi connectivity index (χ2n) is 3.63. The molecule has 2 rings (SSSR count). The van der Waals surface area contributed by atoms with Gasteiger partial charge in [-0.1, -0.05) is 0 Å². The zero-order chi connectivity index (χ0) is 12.3. The van der Waals surface area contributed by atoms with Gasteiger partial charge in [-0.2, -0.15) is 0 Å². The van der Waals surface area contributed by atoms with Crippen molar-refractivity contribution in [1.29, 1.82) is 0 Å². The Labute approximate surface area is 100 Å². The fourth-order valence-electron chi connectivity index (χ4n) is 1.49. The summed E-state index contributed by atoms with van der Waals surface area (Å²) in [6.45, 7) is 1.31. The van der Waals surface area contributed by atoms with Gasteiger partial charge in [0.25, 0.3) is 0 Å². The molecule has 1 aromatic carbocycles. The molecule has 1 heterocycles. The first-order chi connectivity index (χ1) is 8.28. The molecule has 1 atom stereocenters. The maximum absolute atomic E-state index is 5.57. The van der Waals surface area contributed by atoms with Gasteiger partial charge in [0.1, 0.15) is 18.5 Å². The Morgan fingerprint density at radius 3 is 2.12 bits per heavy atom. The van der Waals surface area contributed by atoms with Crippen molar-refractivity contribution < 1.29 is 23.7 Å². The largest absolute Gasteiger partial charge is 0.493 e. The van der Waals surface area contributed by atoms with Crippen molar-refractivity contribution in [2.24, 2.45) is 0 Å². The minimum Gasteiger partial charge on any atom is -0.493 e. The van der Waals surface area contributed by atoms with Crippen LogP contribution in [0, 0.1) is 0 Å². The summed E-state index contributed by atoms with van der Waals surface area (Å²) in [5.74, 6) is 2.40. The smallest absolute Gasteiger partial charge is 0.203 e. The molecule has 0 N–H and O–H groups in total. The molecule has 1 aliphatic rings. The molecule has 1 aromatic rings. The van der Waals surface area contributed by atoms with Crippen molar-refractivity contribution in [2.75, 3.05) is 34.5 Å². The van der Waals surface area contributed by atoms with E-state index in [-0.39, 0.29) is 6.10 Å².